The van der Waals surface area contributed by atoms with Crippen LogP contribution in [-0.2, 0) is 25.2 Å². The number of hydrogen-bond acceptors (Lipinski definition) is 6. The Morgan fingerprint density at radius 2 is 1.54 bits per heavy atom. The summed E-state index contributed by atoms with van der Waals surface area (Å²) in [6.45, 7) is 18.1. The van der Waals surface area contributed by atoms with E-state index in [1.165, 1.54) is 0 Å². The lowest BCUT2D eigenvalue weighted by Gasteiger charge is -2.57. The average molecular weight is 629 g/mol. The van der Waals surface area contributed by atoms with Crippen LogP contribution in [0.4, 0.5) is 0 Å². The molecule has 1 N–H and O–H groups in total. The molecule has 248 valence electrons. The fourth-order valence-electron chi connectivity index (χ4n) is 13.2. The molecule has 8 rings (SSSR count). The Hall–Kier alpha value is -2.47. The number of carbonyl (C=O) groups is 3. The Morgan fingerprint density at radius 3 is 2.28 bits per heavy atom. The number of aliphatic hydroxyl groups is 1. The van der Waals surface area contributed by atoms with Crippen molar-refractivity contribution >= 4 is 17.7 Å². The molecule has 0 amide bonds. The van der Waals surface area contributed by atoms with E-state index in [1.807, 2.05) is 6.07 Å². The highest BCUT2D eigenvalue weighted by Crippen LogP contribution is 2.70. The van der Waals surface area contributed by atoms with Gasteiger partial charge in [0.15, 0.2) is 5.78 Å². The predicted octanol–water partition coefficient (Wildman–Crippen LogP) is 7.77. The molecule has 46 heavy (non-hydrogen) atoms. The zero-order valence-corrected chi connectivity index (χ0v) is 28.7. The van der Waals surface area contributed by atoms with Gasteiger partial charge in [-0.3, -0.25) is 14.4 Å². The van der Waals surface area contributed by atoms with E-state index in [2.05, 4.69) is 54.2 Å². The molecule has 5 aliphatic carbocycles. The Morgan fingerprint density at radius 1 is 0.848 bits per heavy atom. The Labute approximate surface area is 274 Å². The number of Topliss-reactive ketones (excluding diaryl/α,β-unsaturated/α-hetero) is 1. The topological polar surface area (TPSA) is 89.9 Å². The van der Waals surface area contributed by atoms with Gasteiger partial charge in [-0.15, -0.1) is 0 Å². The van der Waals surface area contributed by atoms with Gasteiger partial charge in [-0.1, -0.05) is 60.1 Å². The van der Waals surface area contributed by atoms with Crippen LogP contribution < -0.4 is 4.74 Å². The first-order valence-corrected chi connectivity index (χ1v) is 18.1. The van der Waals surface area contributed by atoms with Gasteiger partial charge in [0.05, 0.1) is 11.5 Å². The molecule has 2 spiro atoms. The highest BCUT2D eigenvalue weighted by Gasteiger charge is 2.72. The van der Waals surface area contributed by atoms with Crippen LogP contribution in [0.3, 0.4) is 0 Å². The van der Waals surface area contributed by atoms with Crippen molar-refractivity contribution in [2.45, 2.75) is 141 Å². The van der Waals surface area contributed by atoms with Gasteiger partial charge < -0.3 is 14.6 Å². The van der Waals surface area contributed by atoms with Crippen molar-refractivity contribution in [3.8, 4) is 5.75 Å². The molecule has 7 aliphatic rings. The van der Waals surface area contributed by atoms with Crippen LogP contribution in [0.15, 0.2) is 24.3 Å². The lowest BCUT2D eigenvalue weighted by Crippen LogP contribution is -2.58. The number of benzene rings is 1. The number of fused-ring (bicyclic) bond motifs is 7. The number of esters is 2. The second-order valence-electron chi connectivity index (χ2n) is 18.3. The lowest BCUT2D eigenvalue weighted by atomic mass is 9.44. The smallest absolute Gasteiger partial charge is 0.322 e. The molecule has 0 radical (unpaired) electrons. The molecule has 2 bridgehead atoms. The minimum absolute atomic E-state index is 0.00606. The zero-order valence-electron chi connectivity index (χ0n) is 28.7. The average Bonchev–Trinajstić information content (AvgIpc) is 3.31. The molecule has 2 heterocycles. The third kappa shape index (κ3) is 3.61. The Balaban J connectivity index is 1.30. The molecular weight excluding hydrogens is 576 g/mol. The maximum Gasteiger partial charge on any atom is 0.322 e. The number of hydrogen-bond donors (Lipinski definition) is 1. The van der Waals surface area contributed by atoms with Crippen molar-refractivity contribution in [1.29, 1.82) is 0 Å². The summed E-state index contributed by atoms with van der Waals surface area (Å²) in [7, 11) is 0. The van der Waals surface area contributed by atoms with Gasteiger partial charge in [0.2, 0.25) is 0 Å². The first-order chi connectivity index (χ1) is 21.5. The van der Waals surface area contributed by atoms with Crippen LogP contribution in [0.25, 0.3) is 0 Å². The van der Waals surface area contributed by atoms with Gasteiger partial charge >= 0.3 is 11.9 Å². The molecule has 2 aliphatic heterocycles. The molecule has 1 aromatic carbocycles. The minimum atomic E-state index is -1.13. The molecule has 0 aromatic heterocycles. The number of rotatable bonds is 2. The monoisotopic (exact) mass is 628 g/mol. The first kappa shape index (κ1) is 30.8. The van der Waals surface area contributed by atoms with Gasteiger partial charge in [-0.25, -0.2) is 0 Å². The number of ether oxygens (including phenoxy) is 2. The van der Waals surface area contributed by atoms with Crippen molar-refractivity contribution in [1.82, 2.24) is 0 Å². The van der Waals surface area contributed by atoms with Gasteiger partial charge in [-0.05, 0) is 110 Å². The van der Waals surface area contributed by atoms with Crippen LogP contribution >= 0.6 is 0 Å². The second-order valence-corrected chi connectivity index (χ2v) is 18.3. The maximum absolute atomic E-state index is 14.5. The molecule has 6 heteroatoms. The van der Waals surface area contributed by atoms with Gasteiger partial charge in [0.25, 0.3) is 0 Å². The van der Waals surface area contributed by atoms with E-state index in [0.717, 1.165) is 62.5 Å². The highest BCUT2D eigenvalue weighted by molar-refractivity contribution is 6.06. The molecule has 6 nitrogen and oxygen atoms in total. The SMILES string of the molecule is C=C1C(O)CC[C@]2(C(=O)Oc3ccc4c(c32)C(=O)C[C@H]2C(C)(C)CCC[C@]42C)[C@H]1C[C@@H]1[C@@]23CCCC(C)(C)[C@H]2CC[C@@]1(C)OC3=O. The largest absolute Gasteiger partial charge is 0.459 e. The molecule has 9 atom stereocenters. The van der Waals surface area contributed by atoms with Gasteiger partial charge in [-0.2, -0.15) is 0 Å². The Bertz CT molecular complexity index is 1590. The van der Waals surface area contributed by atoms with Gasteiger partial charge in [0, 0.05) is 29.4 Å². The molecule has 4 saturated carbocycles. The Kier molecular flexibility index (Phi) is 6.27. The van der Waals surface area contributed by atoms with Crippen LogP contribution in [0.1, 0.15) is 140 Å². The summed E-state index contributed by atoms with van der Waals surface area (Å²) < 4.78 is 12.6. The highest BCUT2D eigenvalue weighted by atomic mass is 16.6. The third-order valence-corrected chi connectivity index (χ3v) is 15.4. The summed E-state index contributed by atoms with van der Waals surface area (Å²) in [5.41, 5.74) is 0.589. The summed E-state index contributed by atoms with van der Waals surface area (Å²) >= 11 is 0. The summed E-state index contributed by atoms with van der Waals surface area (Å²) in [6.07, 6.45) is 8.78. The maximum atomic E-state index is 14.5. The summed E-state index contributed by atoms with van der Waals surface area (Å²) in [6, 6.07) is 4.00. The molecule has 1 unspecified atom stereocenters. The van der Waals surface area contributed by atoms with E-state index in [-0.39, 0.29) is 51.7 Å². The van der Waals surface area contributed by atoms with Crippen LogP contribution in [0.2, 0.25) is 0 Å². The van der Waals surface area contributed by atoms with E-state index in [4.69, 9.17) is 9.47 Å². The summed E-state index contributed by atoms with van der Waals surface area (Å²) in [5.74, 6) is 0.00934. The number of ketones is 1. The van der Waals surface area contributed by atoms with E-state index < -0.39 is 28.5 Å². The predicted molar refractivity (Wildman–Crippen MR) is 174 cm³/mol. The third-order valence-electron chi connectivity index (χ3n) is 15.4. The standard InChI is InChI=1S/C40H52O6/c1-22-24(20-30-38(7)18-13-28-35(2,3)15-9-17-40(28,30)34(44)46-38)39(19-12-25(22)41)32-27(45-33(39)43)11-10-23-31(32)26(42)21-29-36(4,5)14-8-16-37(23,29)6/h10-11,24-25,28-30,41H,1,8-9,12-21H2,2-7H3/t24-,25?,28+,29-,30-,37+,38+,39-,40+/m0/s1. The fraction of sp³-hybridized carbons (Fsp3) is 0.725. The summed E-state index contributed by atoms with van der Waals surface area (Å²) in [5, 5.41) is 11.4. The van der Waals surface area contributed by atoms with E-state index in [9.17, 15) is 19.5 Å². The minimum Gasteiger partial charge on any atom is -0.459 e. The second kappa shape index (κ2) is 9.36. The van der Waals surface area contributed by atoms with Crippen molar-refractivity contribution in [2.24, 2.45) is 39.9 Å². The normalized spacial score (nSPS) is 45.0. The van der Waals surface area contributed by atoms with Crippen LogP contribution in [-0.4, -0.2) is 34.5 Å². The van der Waals surface area contributed by atoms with Crippen molar-refractivity contribution in [2.75, 3.05) is 0 Å². The van der Waals surface area contributed by atoms with Gasteiger partial charge in [0.1, 0.15) is 16.8 Å². The number of aliphatic hydroxyl groups excluding tert-OH is 1. The molecule has 5 fully saturated rings. The van der Waals surface area contributed by atoms with E-state index in [1.54, 1.807) is 0 Å². The fourth-order valence-corrected chi connectivity index (χ4v) is 13.2. The zero-order chi connectivity index (χ0) is 32.8. The van der Waals surface area contributed by atoms with Crippen LogP contribution in [0, 0.1) is 39.9 Å². The van der Waals surface area contributed by atoms with Crippen molar-refractivity contribution in [3.63, 3.8) is 0 Å². The quantitative estimate of drug-likeness (QED) is 0.205. The molecule has 1 saturated heterocycles. The van der Waals surface area contributed by atoms with Crippen LogP contribution in [0.5, 0.6) is 5.75 Å². The van der Waals surface area contributed by atoms with E-state index >= 15 is 0 Å². The first-order valence-electron chi connectivity index (χ1n) is 18.1. The number of carbonyl (C=O) groups excluding carboxylic acids is 3. The molecule has 1 aromatic rings. The van der Waals surface area contributed by atoms with Crippen molar-refractivity contribution in [3.05, 3.63) is 41.0 Å². The summed E-state index contributed by atoms with van der Waals surface area (Å²) in [4.78, 5) is 43.1. The lowest BCUT2D eigenvalue weighted by molar-refractivity contribution is -0.157. The van der Waals surface area contributed by atoms with E-state index in [0.29, 0.717) is 42.6 Å². The molecular formula is C40H52O6. The van der Waals surface area contributed by atoms with Crippen molar-refractivity contribution < 1.29 is 29.0 Å².